The molecule has 3 aliphatic rings. The van der Waals surface area contributed by atoms with Crippen LogP contribution in [-0.2, 0) is 0 Å². The van der Waals surface area contributed by atoms with Gasteiger partial charge in [0.15, 0.2) is 0 Å². The first-order valence-corrected chi connectivity index (χ1v) is 6.93. The second-order valence-corrected chi connectivity index (χ2v) is 5.97. The van der Waals surface area contributed by atoms with Crippen LogP contribution in [0.1, 0.15) is 24.3 Å². The SMILES string of the molecule is c1ccc([C@@H]2C[C@H]2NC2C3CNC[C@@H]2C3)cc1. The van der Waals surface area contributed by atoms with Crippen LogP contribution in [-0.4, -0.2) is 25.2 Å². The van der Waals surface area contributed by atoms with E-state index in [4.69, 9.17) is 0 Å². The van der Waals surface area contributed by atoms with Gasteiger partial charge in [-0.05, 0) is 43.3 Å². The van der Waals surface area contributed by atoms with E-state index in [9.17, 15) is 0 Å². The summed E-state index contributed by atoms with van der Waals surface area (Å²) in [5.41, 5.74) is 1.52. The van der Waals surface area contributed by atoms with Crippen LogP contribution in [0.3, 0.4) is 0 Å². The van der Waals surface area contributed by atoms with E-state index in [2.05, 4.69) is 41.0 Å². The second kappa shape index (κ2) is 3.82. The van der Waals surface area contributed by atoms with Crippen molar-refractivity contribution in [2.75, 3.05) is 13.1 Å². The topological polar surface area (TPSA) is 24.1 Å². The van der Waals surface area contributed by atoms with Crippen molar-refractivity contribution in [1.82, 2.24) is 10.6 Å². The fraction of sp³-hybridized carbons (Fsp3) is 0.600. The third kappa shape index (κ3) is 1.71. The number of benzene rings is 1. The summed E-state index contributed by atoms with van der Waals surface area (Å²) in [5.74, 6) is 2.60. The Bertz CT molecular complexity index is 389. The number of piperidine rings is 2. The molecule has 0 aromatic heterocycles. The molecule has 17 heavy (non-hydrogen) atoms. The van der Waals surface area contributed by atoms with Crippen LogP contribution < -0.4 is 10.6 Å². The van der Waals surface area contributed by atoms with Gasteiger partial charge in [-0.1, -0.05) is 30.3 Å². The van der Waals surface area contributed by atoms with E-state index >= 15 is 0 Å². The lowest BCUT2D eigenvalue weighted by Gasteiger charge is -2.50. The first kappa shape index (κ1) is 10.1. The Morgan fingerprint density at radius 3 is 2.47 bits per heavy atom. The molecule has 2 saturated carbocycles. The van der Waals surface area contributed by atoms with Crippen LogP contribution in [0.2, 0.25) is 0 Å². The van der Waals surface area contributed by atoms with E-state index in [1.54, 1.807) is 0 Å². The zero-order chi connectivity index (χ0) is 11.2. The van der Waals surface area contributed by atoms with Gasteiger partial charge in [-0.25, -0.2) is 0 Å². The Balaban J connectivity index is 1.37. The highest BCUT2D eigenvalue weighted by molar-refractivity contribution is 5.28. The summed E-state index contributed by atoms with van der Waals surface area (Å²) in [6.45, 7) is 2.47. The van der Waals surface area contributed by atoms with E-state index in [1.807, 2.05) is 0 Å². The molecule has 1 aromatic rings. The standard InChI is InChI=1S/C15H20N2/c1-2-4-10(5-3-1)13-7-14(13)17-15-11-6-12(15)9-16-8-11/h1-5,11-17H,6-9H2/t11-,12?,13-,14+,15?/m0/s1. The van der Waals surface area contributed by atoms with E-state index in [0.717, 1.165) is 29.8 Å². The van der Waals surface area contributed by atoms with Crippen molar-refractivity contribution in [2.45, 2.75) is 30.8 Å². The molecule has 1 saturated heterocycles. The van der Waals surface area contributed by atoms with Crippen molar-refractivity contribution >= 4 is 0 Å². The molecular weight excluding hydrogens is 208 g/mol. The zero-order valence-electron chi connectivity index (χ0n) is 10.1. The molecule has 3 fully saturated rings. The quantitative estimate of drug-likeness (QED) is 0.823. The fourth-order valence-electron chi connectivity index (χ4n) is 3.71. The van der Waals surface area contributed by atoms with Gasteiger partial charge >= 0.3 is 0 Å². The maximum atomic E-state index is 3.90. The summed E-state index contributed by atoms with van der Waals surface area (Å²) in [5, 5.41) is 7.41. The molecule has 1 aliphatic heterocycles. The van der Waals surface area contributed by atoms with Crippen molar-refractivity contribution in [3.63, 3.8) is 0 Å². The Labute approximate surface area is 103 Å². The predicted octanol–water partition coefficient (Wildman–Crippen LogP) is 1.74. The average Bonchev–Trinajstić information content (AvgIpc) is 3.17. The summed E-state index contributed by atoms with van der Waals surface area (Å²) in [4.78, 5) is 0. The Morgan fingerprint density at radius 1 is 1.00 bits per heavy atom. The molecule has 0 radical (unpaired) electrons. The van der Waals surface area contributed by atoms with Gasteiger partial charge in [0.25, 0.3) is 0 Å². The maximum Gasteiger partial charge on any atom is 0.0151 e. The Morgan fingerprint density at radius 2 is 1.76 bits per heavy atom. The molecule has 2 nitrogen and oxygen atoms in total. The normalized spacial score (nSPS) is 42.9. The van der Waals surface area contributed by atoms with Gasteiger partial charge in [0, 0.05) is 18.0 Å². The molecule has 2 unspecified atom stereocenters. The van der Waals surface area contributed by atoms with Crippen molar-refractivity contribution in [3.8, 4) is 0 Å². The molecule has 2 bridgehead atoms. The van der Waals surface area contributed by atoms with Crippen molar-refractivity contribution in [1.29, 1.82) is 0 Å². The highest BCUT2D eigenvalue weighted by Crippen LogP contribution is 2.44. The zero-order valence-corrected chi connectivity index (χ0v) is 10.1. The first-order chi connectivity index (χ1) is 8.42. The second-order valence-electron chi connectivity index (χ2n) is 5.97. The van der Waals surface area contributed by atoms with Crippen molar-refractivity contribution in [3.05, 3.63) is 35.9 Å². The molecule has 2 N–H and O–H groups in total. The maximum absolute atomic E-state index is 3.90. The van der Waals surface area contributed by atoms with Crippen LogP contribution in [0.15, 0.2) is 30.3 Å². The summed E-state index contributed by atoms with van der Waals surface area (Å²) >= 11 is 0. The molecular formula is C15H20N2. The van der Waals surface area contributed by atoms with E-state index in [1.165, 1.54) is 31.5 Å². The summed E-state index contributed by atoms with van der Waals surface area (Å²) in [7, 11) is 0. The monoisotopic (exact) mass is 228 g/mol. The minimum Gasteiger partial charge on any atom is -0.316 e. The van der Waals surface area contributed by atoms with Gasteiger partial charge in [0.2, 0.25) is 0 Å². The van der Waals surface area contributed by atoms with Crippen LogP contribution in [0.5, 0.6) is 0 Å². The predicted molar refractivity (Wildman–Crippen MR) is 69.0 cm³/mol. The van der Waals surface area contributed by atoms with Crippen molar-refractivity contribution < 1.29 is 0 Å². The molecule has 5 atom stereocenters. The number of hydrogen-bond donors (Lipinski definition) is 2. The lowest BCUT2D eigenvalue weighted by molar-refractivity contribution is 0.0652. The lowest BCUT2D eigenvalue weighted by Crippen LogP contribution is -2.63. The van der Waals surface area contributed by atoms with Crippen LogP contribution >= 0.6 is 0 Å². The molecule has 0 amide bonds. The highest BCUT2D eigenvalue weighted by atomic mass is 15.1. The van der Waals surface area contributed by atoms with E-state index < -0.39 is 0 Å². The minimum absolute atomic E-state index is 0.755. The van der Waals surface area contributed by atoms with Crippen LogP contribution in [0.25, 0.3) is 0 Å². The van der Waals surface area contributed by atoms with Gasteiger partial charge < -0.3 is 10.6 Å². The molecule has 4 rings (SSSR count). The highest BCUT2D eigenvalue weighted by Gasteiger charge is 2.48. The third-order valence-electron chi connectivity index (χ3n) is 4.86. The fourth-order valence-corrected chi connectivity index (χ4v) is 3.71. The summed E-state index contributed by atoms with van der Waals surface area (Å²) in [6.07, 6.45) is 2.79. The van der Waals surface area contributed by atoms with Gasteiger partial charge in [-0.2, -0.15) is 0 Å². The molecule has 90 valence electrons. The third-order valence-corrected chi connectivity index (χ3v) is 4.86. The number of rotatable bonds is 3. The Kier molecular flexibility index (Phi) is 2.27. The smallest absolute Gasteiger partial charge is 0.0151 e. The molecule has 0 spiro atoms. The lowest BCUT2D eigenvalue weighted by atomic mass is 9.67. The molecule has 2 aliphatic carbocycles. The average molecular weight is 228 g/mol. The summed E-state index contributed by atoms with van der Waals surface area (Å²) < 4.78 is 0. The molecule has 2 heteroatoms. The molecule has 1 aromatic carbocycles. The van der Waals surface area contributed by atoms with Gasteiger partial charge in [-0.3, -0.25) is 0 Å². The van der Waals surface area contributed by atoms with Crippen molar-refractivity contribution in [2.24, 2.45) is 11.8 Å². The number of hydrogen-bond acceptors (Lipinski definition) is 2. The van der Waals surface area contributed by atoms with Gasteiger partial charge in [0.1, 0.15) is 0 Å². The minimum atomic E-state index is 0.755. The van der Waals surface area contributed by atoms with Crippen LogP contribution in [0, 0.1) is 11.8 Å². The van der Waals surface area contributed by atoms with E-state index in [0.29, 0.717) is 0 Å². The van der Waals surface area contributed by atoms with E-state index in [-0.39, 0.29) is 0 Å². The molecule has 1 heterocycles. The van der Waals surface area contributed by atoms with Gasteiger partial charge in [-0.15, -0.1) is 0 Å². The number of nitrogens with one attached hydrogen (secondary N) is 2. The number of fused-ring (bicyclic) bond motifs is 2. The largest absolute Gasteiger partial charge is 0.316 e. The summed E-state index contributed by atoms with van der Waals surface area (Å²) in [6, 6.07) is 12.5. The van der Waals surface area contributed by atoms with Gasteiger partial charge in [0.05, 0.1) is 0 Å². The first-order valence-electron chi connectivity index (χ1n) is 6.93. The van der Waals surface area contributed by atoms with Crippen LogP contribution in [0.4, 0.5) is 0 Å². The Hall–Kier alpha value is -0.860.